The van der Waals surface area contributed by atoms with Crippen LogP contribution in [0.4, 0.5) is 0 Å². The van der Waals surface area contributed by atoms with Crippen LogP contribution in [0.2, 0.25) is 0 Å². The summed E-state index contributed by atoms with van der Waals surface area (Å²) >= 11 is 1.22. The third kappa shape index (κ3) is 2.94. The molecule has 1 aromatic carbocycles. The second-order valence-electron chi connectivity index (χ2n) is 5.20. The van der Waals surface area contributed by atoms with Crippen molar-refractivity contribution in [3.8, 4) is 5.75 Å². The Hall–Kier alpha value is -1.59. The van der Waals surface area contributed by atoms with Crippen LogP contribution in [-0.2, 0) is 6.54 Å². The third-order valence-corrected chi connectivity index (χ3v) is 4.57. The van der Waals surface area contributed by atoms with Gasteiger partial charge in [-0.3, -0.25) is 4.79 Å². The average molecular weight is 290 g/mol. The Bertz CT molecular complexity index is 629. The topological polar surface area (TPSA) is 54.1 Å². The van der Waals surface area contributed by atoms with Gasteiger partial charge < -0.3 is 15.0 Å². The van der Waals surface area contributed by atoms with Gasteiger partial charge in [-0.1, -0.05) is 23.5 Å². The van der Waals surface area contributed by atoms with E-state index in [9.17, 15) is 4.79 Å². The fraction of sp³-hybridized carbons (Fsp3) is 0.400. The van der Waals surface area contributed by atoms with Crippen LogP contribution in [0.25, 0.3) is 0 Å². The van der Waals surface area contributed by atoms with Gasteiger partial charge in [0, 0.05) is 23.7 Å². The molecule has 0 spiro atoms. The molecule has 2 N–H and O–H groups in total. The maximum absolute atomic E-state index is 11.0. The molecule has 2 aromatic rings. The maximum atomic E-state index is 11.0. The lowest BCUT2D eigenvalue weighted by Gasteiger charge is -2.36. The lowest BCUT2D eigenvalue weighted by atomic mass is 9.76. The van der Waals surface area contributed by atoms with Crippen molar-refractivity contribution in [1.29, 1.82) is 0 Å². The molecule has 1 fully saturated rings. The van der Waals surface area contributed by atoms with Crippen LogP contribution in [0.3, 0.4) is 0 Å². The summed E-state index contributed by atoms with van der Waals surface area (Å²) in [4.78, 5) is 13.9. The van der Waals surface area contributed by atoms with Gasteiger partial charge in [0.25, 0.3) is 0 Å². The molecule has 1 heterocycles. The molecule has 3 rings (SSSR count). The van der Waals surface area contributed by atoms with Gasteiger partial charge in [0.2, 0.25) is 0 Å². The van der Waals surface area contributed by atoms with Crippen molar-refractivity contribution in [2.75, 3.05) is 7.11 Å². The summed E-state index contributed by atoms with van der Waals surface area (Å²) in [7, 11) is 1.70. The molecule has 0 amide bonds. The number of H-pyrrole nitrogens is 1. The summed E-state index contributed by atoms with van der Waals surface area (Å²) in [5.74, 6) is 1.54. The molecular formula is C15H18N2O2S. The van der Waals surface area contributed by atoms with Crippen molar-refractivity contribution >= 4 is 11.3 Å². The Labute approximate surface area is 121 Å². The summed E-state index contributed by atoms with van der Waals surface area (Å²) in [6.45, 7) is 0.744. The van der Waals surface area contributed by atoms with Gasteiger partial charge in [0.15, 0.2) is 0 Å². The number of hydrogen-bond donors (Lipinski definition) is 2. The zero-order valence-electron chi connectivity index (χ0n) is 11.4. The molecule has 1 aliphatic rings. The van der Waals surface area contributed by atoms with Gasteiger partial charge in [-0.15, -0.1) is 0 Å². The molecule has 1 saturated carbocycles. The Morgan fingerprint density at radius 3 is 3.00 bits per heavy atom. The first-order valence-electron chi connectivity index (χ1n) is 6.78. The number of ether oxygens (including phenoxy) is 1. The minimum atomic E-state index is 0.0182. The molecule has 0 aliphatic heterocycles. The molecule has 0 bridgehead atoms. The van der Waals surface area contributed by atoms with Gasteiger partial charge in [-0.2, -0.15) is 0 Å². The van der Waals surface area contributed by atoms with E-state index in [0.717, 1.165) is 30.8 Å². The molecule has 106 valence electrons. The molecule has 20 heavy (non-hydrogen) atoms. The number of hydrogen-bond acceptors (Lipinski definition) is 4. The Kier molecular flexibility index (Phi) is 3.89. The summed E-state index contributed by atoms with van der Waals surface area (Å²) in [6, 6.07) is 8.85. The van der Waals surface area contributed by atoms with Crippen LogP contribution in [0.1, 0.15) is 30.0 Å². The lowest BCUT2D eigenvalue weighted by molar-refractivity contribution is 0.288. The van der Waals surface area contributed by atoms with Crippen molar-refractivity contribution in [3.05, 3.63) is 50.6 Å². The molecule has 0 saturated heterocycles. The highest BCUT2D eigenvalue weighted by atomic mass is 32.1. The van der Waals surface area contributed by atoms with Gasteiger partial charge in [0.1, 0.15) is 5.75 Å². The zero-order valence-corrected chi connectivity index (χ0v) is 12.2. The van der Waals surface area contributed by atoms with E-state index in [1.807, 2.05) is 17.5 Å². The Morgan fingerprint density at radius 2 is 2.30 bits per heavy atom. The minimum Gasteiger partial charge on any atom is -0.497 e. The maximum Gasteiger partial charge on any atom is 0.304 e. The quantitative estimate of drug-likeness (QED) is 0.889. The summed E-state index contributed by atoms with van der Waals surface area (Å²) in [5.41, 5.74) is 2.33. The Balaban J connectivity index is 1.49. The van der Waals surface area contributed by atoms with Crippen molar-refractivity contribution in [2.45, 2.75) is 31.3 Å². The highest BCUT2D eigenvalue weighted by Crippen LogP contribution is 2.37. The number of rotatable bonds is 5. The molecule has 4 nitrogen and oxygen atoms in total. The predicted octanol–water partition coefficient (Wildman–Crippen LogP) is 2.48. The largest absolute Gasteiger partial charge is 0.497 e. The second kappa shape index (κ2) is 5.81. The monoisotopic (exact) mass is 290 g/mol. The van der Waals surface area contributed by atoms with E-state index in [2.05, 4.69) is 22.4 Å². The van der Waals surface area contributed by atoms with Crippen LogP contribution < -0.4 is 14.9 Å². The van der Waals surface area contributed by atoms with Crippen molar-refractivity contribution in [3.63, 3.8) is 0 Å². The summed E-state index contributed by atoms with van der Waals surface area (Å²) < 4.78 is 5.26. The average Bonchev–Trinajstić information content (AvgIpc) is 2.83. The number of aromatic amines is 1. The Morgan fingerprint density at radius 1 is 1.45 bits per heavy atom. The van der Waals surface area contributed by atoms with E-state index in [1.165, 1.54) is 16.9 Å². The molecule has 0 atom stereocenters. The summed E-state index contributed by atoms with van der Waals surface area (Å²) in [6.07, 6.45) is 2.28. The van der Waals surface area contributed by atoms with Gasteiger partial charge in [-0.05, 0) is 36.5 Å². The highest BCUT2D eigenvalue weighted by molar-refractivity contribution is 7.07. The number of thiazole rings is 1. The molecule has 0 radical (unpaired) electrons. The first-order chi connectivity index (χ1) is 9.74. The molecule has 1 aromatic heterocycles. The van der Waals surface area contributed by atoms with Crippen molar-refractivity contribution < 1.29 is 4.74 Å². The fourth-order valence-corrected chi connectivity index (χ4v) is 3.19. The first kappa shape index (κ1) is 13.4. The number of methoxy groups -OCH3 is 1. The zero-order chi connectivity index (χ0) is 13.9. The second-order valence-corrected chi connectivity index (χ2v) is 6.04. The van der Waals surface area contributed by atoms with Crippen LogP contribution in [0.15, 0.2) is 34.4 Å². The number of benzene rings is 1. The van der Waals surface area contributed by atoms with Crippen LogP contribution in [-0.4, -0.2) is 18.1 Å². The smallest absolute Gasteiger partial charge is 0.304 e. The van der Waals surface area contributed by atoms with Crippen molar-refractivity contribution in [1.82, 2.24) is 10.3 Å². The van der Waals surface area contributed by atoms with Gasteiger partial charge >= 0.3 is 4.87 Å². The van der Waals surface area contributed by atoms with E-state index >= 15 is 0 Å². The van der Waals surface area contributed by atoms with E-state index < -0.39 is 0 Å². The normalized spacial score (nSPS) is 21.4. The van der Waals surface area contributed by atoms with Crippen molar-refractivity contribution in [2.24, 2.45) is 0 Å². The first-order valence-corrected chi connectivity index (χ1v) is 7.66. The van der Waals surface area contributed by atoms with E-state index in [4.69, 9.17) is 4.74 Å². The number of nitrogens with one attached hydrogen (secondary N) is 2. The molecular weight excluding hydrogens is 272 g/mol. The van der Waals surface area contributed by atoms with E-state index in [0.29, 0.717) is 12.0 Å². The predicted molar refractivity (Wildman–Crippen MR) is 80.5 cm³/mol. The van der Waals surface area contributed by atoms with Crippen LogP contribution >= 0.6 is 11.3 Å². The van der Waals surface area contributed by atoms with Crippen LogP contribution in [0, 0.1) is 0 Å². The lowest BCUT2D eigenvalue weighted by Crippen LogP contribution is -2.39. The SMILES string of the molecule is COc1cccc(C2CC(NCc3csc(=O)[nH]3)C2)c1. The highest BCUT2D eigenvalue weighted by Gasteiger charge is 2.30. The standard InChI is InChI=1S/C15H18N2O2S/c1-19-14-4-2-3-10(7-14)11-5-12(6-11)16-8-13-9-20-15(18)17-13/h2-4,7,9,11-12,16H,5-6,8H2,1H3,(H,17,18). The third-order valence-electron chi connectivity index (χ3n) is 3.86. The van der Waals surface area contributed by atoms with Crippen LogP contribution in [0.5, 0.6) is 5.75 Å². The van der Waals surface area contributed by atoms with Gasteiger partial charge in [0.05, 0.1) is 7.11 Å². The van der Waals surface area contributed by atoms with E-state index in [1.54, 1.807) is 7.11 Å². The minimum absolute atomic E-state index is 0.0182. The molecule has 5 heteroatoms. The molecule has 1 aliphatic carbocycles. The van der Waals surface area contributed by atoms with E-state index in [-0.39, 0.29) is 4.87 Å². The summed E-state index contributed by atoms with van der Waals surface area (Å²) in [5, 5.41) is 5.36. The number of aromatic nitrogens is 1. The fourth-order valence-electron chi connectivity index (χ4n) is 2.61. The van der Waals surface area contributed by atoms with Gasteiger partial charge in [-0.25, -0.2) is 0 Å². The molecule has 0 unspecified atom stereocenters.